The molecule has 0 aliphatic rings. The van der Waals surface area contributed by atoms with Crippen LogP contribution in [0.5, 0.6) is 0 Å². The van der Waals surface area contributed by atoms with Crippen LogP contribution in [0.15, 0.2) is 18.2 Å². The van der Waals surface area contributed by atoms with Gasteiger partial charge in [-0.05, 0) is 29.5 Å². The van der Waals surface area contributed by atoms with Crippen molar-refractivity contribution in [2.45, 2.75) is 45.2 Å². The number of carbonyl (C=O) groups is 2. The summed E-state index contributed by atoms with van der Waals surface area (Å²) in [5.74, 6) is -0.390. The molecule has 0 aromatic heterocycles. The molecule has 0 aliphatic carbocycles. The van der Waals surface area contributed by atoms with E-state index >= 15 is 0 Å². The Balaban J connectivity index is 0.00000441. The summed E-state index contributed by atoms with van der Waals surface area (Å²) in [5.41, 5.74) is 12.7. The first-order chi connectivity index (χ1) is 9.81. The molecule has 1 rings (SSSR count). The van der Waals surface area contributed by atoms with Gasteiger partial charge in [-0.1, -0.05) is 37.6 Å². The lowest BCUT2D eigenvalue weighted by Crippen LogP contribution is -2.40. The standard InChI is InChI=1S/C15H22ClN3O2.ClH/c1-9(2)10-3-4-11(12(16)7-10)8-19-15(21)13(17)5-6-14(18)20;/h3-4,7,9,13H,5-6,8,17H2,1-2H3,(H2,18,20)(H,19,21);1H. The van der Waals surface area contributed by atoms with Crippen LogP contribution >= 0.6 is 24.0 Å². The fourth-order valence-corrected chi connectivity index (χ4v) is 2.06. The summed E-state index contributed by atoms with van der Waals surface area (Å²) in [4.78, 5) is 22.4. The van der Waals surface area contributed by atoms with Crippen molar-refractivity contribution in [3.63, 3.8) is 0 Å². The molecule has 0 fully saturated rings. The highest BCUT2D eigenvalue weighted by molar-refractivity contribution is 6.31. The summed E-state index contributed by atoms with van der Waals surface area (Å²) in [6, 6.07) is 5.05. The van der Waals surface area contributed by atoms with Crippen LogP contribution < -0.4 is 16.8 Å². The number of halogens is 2. The lowest BCUT2D eigenvalue weighted by Gasteiger charge is -2.13. The van der Waals surface area contributed by atoms with E-state index in [-0.39, 0.29) is 31.2 Å². The van der Waals surface area contributed by atoms with E-state index in [4.69, 9.17) is 23.1 Å². The number of primary amides is 1. The Morgan fingerprint density at radius 3 is 2.45 bits per heavy atom. The molecule has 124 valence electrons. The Morgan fingerprint density at radius 2 is 1.95 bits per heavy atom. The first-order valence-corrected chi connectivity index (χ1v) is 7.29. The SMILES string of the molecule is CC(C)c1ccc(CNC(=O)C(N)CCC(N)=O)c(Cl)c1.Cl. The van der Waals surface area contributed by atoms with Gasteiger partial charge in [0.15, 0.2) is 0 Å². The van der Waals surface area contributed by atoms with E-state index in [1.807, 2.05) is 18.2 Å². The van der Waals surface area contributed by atoms with Crippen LogP contribution in [0.3, 0.4) is 0 Å². The van der Waals surface area contributed by atoms with Crippen molar-refractivity contribution >= 4 is 35.8 Å². The van der Waals surface area contributed by atoms with Crippen molar-refractivity contribution in [1.82, 2.24) is 5.32 Å². The van der Waals surface area contributed by atoms with Crippen LogP contribution in [0.4, 0.5) is 0 Å². The van der Waals surface area contributed by atoms with E-state index in [0.29, 0.717) is 17.5 Å². The molecule has 0 heterocycles. The molecule has 0 aliphatic heterocycles. The predicted octanol–water partition coefficient (Wildman–Crippen LogP) is 2.09. The smallest absolute Gasteiger partial charge is 0.237 e. The minimum absolute atomic E-state index is 0. The highest BCUT2D eigenvalue weighted by Crippen LogP contribution is 2.22. The van der Waals surface area contributed by atoms with Crippen molar-refractivity contribution in [2.75, 3.05) is 0 Å². The van der Waals surface area contributed by atoms with Gasteiger partial charge in [0.1, 0.15) is 0 Å². The lowest BCUT2D eigenvalue weighted by molar-refractivity contribution is -0.123. The summed E-state index contributed by atoms with van der Waals surface area (Å²) in [6.45, 7) is 4.48. The number of amides is 2. The summed E-state index contributed by atoms with van der Waals surface area (Å²) < 4.78 is 0. The van der Waals surface area contributed by atoms with E-state index in [2.05, 4.69) is 19.2 Å². The maximum absolute atomic E-state index is 11.8. The predicted molar refractivity (Wildman–Crippen MR) is 91.0 cm³/mol. The minimum Gasteiger partial charge on any atom is -0.370 e. The van der Waals surface area contributed by atoms with E-state index in [1.54, 1.807) is 0 Å². The molecule has 0 spiro atoms. The summed E-state index contributed by atoms with van der Waals surface area (Å²) in [5, 5.41) is 3.33. The fourth-order valence-electron chi connectivity index (χ4n) is 1.81. The van der Waals surface area contributed by atoms with Crippen LogP contribution in [0, 0.1) is 0 Å². The van der Waals surface area contributed by atoms with Gasteiger partial charge in [-0.2, -0.15) is 0 Å². The molecule has 1 unspecified atom stereocenters. The number of carbonyl (C=O) groups excluding carboxylic acids is 2. The van der Waals surface area contributed by atoms with E-state index in [9.17, 15) is 9.59 Å². The van der Waals surface area contributed by atoms with Crippen LogP contribution in [0.1, 0.15) is 43.7 Å². The normalized spacial score (nSPS) is 11.7. The zero-order valence-electron chi connectivity index (χ0n) is 12.8. The molecule has 0 saturated heterocycles. The van der Waals surface area contributed by atoms with E-state index in [0.717, 1.165) is 11.1 Å². The molecular weight excluding hydrogens is 325 g/mol. The van der Waals surface area contributed by atoms with Gasteiger partial charge in [0.25, 0.3) is 0 Å². The number of hydrogen-bond donors (Lipinski definition) is 3. The third-order valence-corrected chi connectivity index (χ3v) is 3.59. The molecular formula is C15H23Cl2N3O2. The van der Waals surface area contributed by atoms with Crippen molar-refractivity contribution in [3.05, 3.63) is 34.3 Å². The van der Waals surface area contributed by atoms with Gasteiger partial charge in [0, 0.05) is 18.0 Å². The molecule has 7 heteroatoms. The molecule has 1 aromatic carbocycles. The molecule has 0 radical (unpaired) electrons. The van der Waals surface area contributed by atoms with Gasteiger partial charge in [0.05, 0.1) is 6.04 Å². The second-order valence-electron chi connectivity index (χ2n) is 5.33. The maximum atomic E-state index is 11.8. The molecule has 22 heavy (non-hydrogen) atoms. The number of nitrogens with one attached hydrogen (secondary N) is 1. The van der Waals surface area contributed by atoms with Gasteiger partial charge in [0.2, 0.25) is 11.8 Å². The molecule has 5 nitrogen and oxygen atoms in total. The maximum Gasteiger partial charge on any atom is 0.237 e. The van der Waals surface area contributed by atoms with E-state index < -0.39 is 11.9 Å². The Labute approximate surface area is 142 Å². The molecule has 0 bridgehead atoms. The van der Waals surface area contributed by atoms with Gasteiger partial charge in [-0.15, -0.1) is 12.4 Å². The number of nitrogens with two attached hydrogens (primary N) is 2. The third-order valence-electron chi connectivity index (χ3n) is 3.24. The number of hydrogen-bond acceptors (Lipinski definition) is 3. The molecule has 1 atom stereocenters. The topological polar surface area (TPSA) is 98.2 Å². The van der Waals surface area contributed by atoms with Gasteiger partial charge in [-0.3, -0.25) is 9.59 Å². The fraction of sp³-hybridized carbons (Fsp3) is 0.467. The largest absolute Gasteiger partial charge is 0.370 e. The van der Waals surface area contributed by atoms with Crippen molar-refractivity contribution in [1.29, 1.82) is 0 Å². The third kappa shape index (κ3) is 6.64. The summed E-state index contributed by atoms with van der Waals surface area (Å²) in [7, 11) is 0. The highest BCUT2D eigenvalue weighted by atomic mass is 35.5. The quantitative estimate of drug-likeness (QED) is 0.704. The number of benzene rings is 1. The van der Waals surface area contributed by atoms with Gasteiger partial charge < -0.3 is 16.8 Å². The zero-order valence-corrected chi connectivity index (χ0v) is 14.3. The molecule has 5 N–H and O–H groups in total. The Morgan fingerprint density at radius 1 is 1.32 bits per heavy atom. The van der Waals surface area contributed by atoms with Crippen LogP contribution in [0.25, 0.3) is 0 Å². The van der Waals surface area contributed by atoms with Gasteiger partial charge in [-0.25, -0.2) is 0 Å². The number of rotatable bonds is 7. The molecule has 2 amide bonds. The van der Waals surface area contributed by atoms with Crippen LogP contribution in [-0.2, 0) is 16.1 Å². The minimum atomic E-state index is -0.744. The monoisotopic (exact) mass is 347 g/mol. The van der Waals surface area contributed by atoms with Crippen molar-refractivity contribution < 1.29 is 9.59 Å². The van der Waals surface area contributed by atoms with Gasteiger partial charge >= 0.3 is 0 Å². The Kier molecular flexibility index (Phi) is 9.09. The lowest BCUT2D eigenvalue weighted by atomic mass is 10.0. The average molecular weight is 348 g/mol. The Hall–Kier alpha value is -1.30. The molecule has 1 aromatic rings. The summed E-state index contributed by atoms with van der Waals surface area (Å²) in [6.07, 6.45) is 0.333. The highest BCUT2D eigenvalue weighted by Gasteiger charge is 2.14. The molecule has 0 saturated carbocycles. The average Bonchev–Trinajstić information content (AvgIpc) is 2.42. The van der Waals surface area contributed by atoms with E-state index in [1.165, 1.54) is 0 Å². The van der Waals surface area contributed by atoms with Crippen molar-refractivity contribution in [3.8, 4) is 0 Å². The van der Waals surface area contributed by atoms with Crippen molar-refractivity contribution in [2.24, 2.45) is 11.5 Å². The van der Waals surface area contributed by atoms with Crippen LogP contribution in [0.2, 0.25) is 5.02 Å². The second kappa shape index (κ2) is 9.66. The first kappa shape index (κ1) is 20.7. The first-order valence-electron chi connectivity index (χ1n) is 6.91. The second-order valence-corrected chi connectivity index (χ2v) is 5.74. The zero-order chi connectivity index (χ0) is 16.0. The van der Waals surface area contributed by atoms with Crippen LogP contribution in [-0.4, -0.2) is 17.9 Å². The Bertz CT molecular complexity index is 522. The summed E-state index contributed by atoms with van der Waals surface area (Å²) >= 11 is 6.20.